The van der Waals surface area contributed by atoms with Gasteiger partial charge in [0, 0.05) is 44.0 Å². The van der Waals surface area contributed by atoms with E-state index in [9.17, 15) is 24.9 Å². The largest absolute Gasteiger partial charge is 0.459 e. The monoisotopic (exact) mass is 827 g/mol. The van der Waals surface area contributed by atoms with E-state index in [4.69, 9.17) is 37.9 Å². The average Bonchev–Trinajstić information content (AvgIpc) is 3.14. The maximum absolute atomic E-state index is 14.6. The maximum Gasteiger partial charge on any atom is 0.311 e. The quantitative estimate of drug-likeness (QED) is 0.249. The van der Waals surface area contributed by atoms with Crippen molar-refractivity contribution in [2.75, 3.05) is 34.4 Å². The summed E-state index contributed by atoms with van der Waals surface area (Å²) in [6.07, 6.45) is -4.01. The van der Waals surface area contributed by atoms with Crippen molar-refractivity contribution in [3.8, 4) is 0 Å². The van der Waals surface area contributed by atoms with Crippen molar-refractivity contribution >= 4 is 17.6 Å². The second kappa shape index (κ2) is 19.9. The summed E-state index contributed by atoms with van der Waals surface area (Å²) in [6.45, 7) is 19.8. The molecule has 1 amide bonds. The third-order valence-electron chi connectivity index (χ3n) is 13.1. The van der Waals surface area contributed by atoms with Gasteiger partial charge in [-0.2, -0.15) is 0 Å². The summed E-state index contributed by atoms with van der Waals surface area (Å²) >= 11 is 0. The van der Waals surface area contributed by atoms with E-state index in [1.807, 2.05) is 66.6 Å². The molecule has 58 heavy (non-hydrogen) atoms. The fraction of sp³-hybridized carbons (Fsp3) is 0.884. The van der Waals surface area contributed by atoms with Crippen LogP contribution in [0.5, 0.6) is 0 Å². The summed E-state index contributed by atoms with van der Waals surface area (Å²) < 4.78 is 51.9. The first-order chi connectivity index (χ1) is 27.0. The van der Waals surface area contributed by atoms with Gasteiger partial charge < -0.3 is 58.1 Å². The molecule has 0 aliphatic carbocycles. The summed E-state index contributed by atoms with van der Waals surface area (Å²) in [6, 6.07) is -0.281. The molecule has 0 aromatic carbocycles. The number of carbonyl (C=O) groups is 2. The predicted octanol–water partition coefficient (Wildman–Crippen LogP) is 3.82. The lowest BCUT2D eigenvalue weighted by Gasteiger charge is -2.50. The zero-order valence-corrected chi connectivity index (χ0v) is 37.4. The summed E-state index contributed by atoms with van der Waals surface area (Å²) in [5.41, 5.74) is -3.49. The van der Waals surface area contributed by atoms with Crippen LogP contribution in [0.15, 0.2) is 17.1 Å². The van der Waals surface area contributed by atoms with Gasteiger partial charge in [-0.1, -0.05) is 39.8 Å². The van der Waals surface area contributed by atoms with Gasteiger partial charge in [0.25, 0.3) is 0 Å². The zero-order chi connectivity index (χ0) is 43.5. The molecule has 0 aromatic heterocycles. The predicted molar refractivity (Wildman–Crippen MR) is 216 cm³/mol. The van der Waals surface area contributed by atoms with Gasteiger partial charge in [0.2, 0.25) is 5.91 Å². The number of hydrogen-bond donors (Lipinski definition) is 3. The highest BCUT2D eigenvalue weighted by Crippen LogP contribution is 2.43. The lowest BCUT2D eigenvalue weighted by atomic mass is 9.73. The minimum atomic E-state index is -1.73. The smallest absolute Gasteiger partial charge is 0.311 e. The number of rotatable bonds is 7. The van der Waals surface area contributed by atoms with Crippen LogP contribution in [0.2, 0.25) is 0 Å². The van der Waals surface area contributed by atoms with Gasteiger partial charge in [0.1, 0.15) is 23.9 Å². The number of aliphatic hydroxyl groups is 3. The first-order valence-electron chi connectivity index (χ1n) is 21.1. The Labute approximate surface area is 346 Å². The minimum Gasteiger partial charge on any atom is -0.459 e. The number of aliphatic hydroxyl groups excluding tert-OH is 2. The number of fused-ring (bicyclic) bond motifs is 5. The van der Waals surface area contributed by atoms with Gasteiger partial charge in [-0.25, -0.2) is 4.99 Å². The molecule has 15 heteroatoms. The molecule has 4 rings (SSSR count). The molecule has 334 valence electrons. The number of ether oxygens (including phenoxy) is 8. The van der Waals surface area contributed by atoms with E-state index < -0.39 is 108 Å². The zero-order valence-electron chi connectivity index (χ0n) is 37.4. The molecule has 3 N–H and O–H groups in total. The molecule has 15 nitrogen and oxygen atoms in total. The highest BCUT2D eigenvalue weighted by Gasteiger charge is 2.54. The van der Waals surface area contributed by atoms with Crippen molar-refractivity contribution in [3.63, 3.8) is 0 Å². The van der Waals surface area contributed by atoms with Gasteiger partial charge in [0.05, 0.1) is 60.9 Å². The lowest BCUT2D eigenvalue weighted by Crippen LogP contribution is -2.62. The van der Waals surface area contributed by atoms with Crippen LogP contribution in [-0.4, -0.2) is 156 Å². The van der Waals surface area contributed by atoms with Crippen LogP contribution in [0.3, 0.4) is 0 Å². The fourth-order valence-electron chi connectivity index (χ4n) is 9.76. The number of cyclic esters (lactones) is 1. The normalized spacial score (nSPS) is 47.7. The number of esters is 1. The topological polar surface area (TPSA) is 184 Å². The third-order valence-corrected chi connectivity index (χ3v) is 13.1. The summed E-state index contributed by atoms with van der Waals surface area (Å²) in [7, 11) is 5.33. The minimum absolute atomic E-state index is 0.0980. The number of hydrogen-bond acceptors (Lipinski definition) is 14. The van der Waals surface area contributed by atoms with E-state index >= 15 is 0 Å². The van der Waals surface area contributed by atoms with Crippen molar-refractivity contribution in [3.05, 3.63) is 12.2 Å². The van der Waals surface area contributed by atoms with Crippen molar-refractivity contribution in [2.24, 2.45) is 28.7 Å². The first kappa shape index (κ1) is 48.8. The van der Waals surface area contributed by atoms with Gasteiger partial charge in [-0.3, -0.25) is 9.59 Å². The second-order valence-electron chi connectivity index (χ2n) is 18.2. The van der Waals surface area contributed by atoms with Crippen LogP contribution in [0.1, 0.15) is 102 Å². The number of nitrogens with zero attached hydrogens (tertiary/aromatic N) is 2. The van der Waals surface area contributed by atoms with Crippen LogP contribution in [0.4, 0.5) is 0 Å². The van der Waals surface area contributed by atoms with Gasteiger partial charge in [-0.05, 0) is 80.8 Å². The Bertz CT molecular complexity index is 1440. The molecular formula is C43H74N2O13. The molecule has 0 radical (unpaired) electrons. The standard InChI is InChI=1S/C43H74N2O13/c1-15-31-43(11,50)38-25(4)33(44-29(8)46)23(2)21-42(10,53-19-17-16-18-52-38)37(58-40-34(47)30(45(12)13)20-24(3)54-40)26(5)35(27(6)39(49)56-31)57-32-22-41(9,51-14)36(48)28(7)55-32/h16-17,23-28,30-32,34-38,40,47-48,50H,15,18-22H2,1-14H3/b17-16-,44-33?/t23-,24-,25+,26+,27-,28+,30+,31-,32+,34-,35+,36+,37-,38-,40+,41-,42+,43-/m1/s1. The number of aliphatic imine (C=N–C) groups is 1. The first-order valence-corrected chi connectivity index (χ1v) is 21.1. The fourth-order valence-corrected chi connectivity index (χ4v) is 9.76. The highest BCUT2D eigenvalue weighted by molar-refractivity contribution is 5.97. The number of amides is 1. The molecule has 0 saturated carbocycles. The molecule has 0 aromatic rings. The molecule has 0 unspecified atom stereocenters. The Hall–Kier alpha value is -1.89. The van der Waals surface area contributed by atoms with Crippen LogP contribution in [0.25, 0.3) is 0 Å². The molecule has 4 heterocycles. The summed E-state index contributed by atoms with van der Waals surface area (Å²) in [5.74, 6) is -3.78. The van der Waals surface area contributed by atoms with Crippen molar-refractivity contribution in [1.82, 2.24) is 4.90 Å². The van der Waals surface area contributed by atoms with Gasteiger partial charge >= 0.3 is 5.97 Å². The molecule has 3 fully saturated rings. The molecular weight excluding hydrogens is 752 g/mol. The Morgan fingerprint density at radius 3 is 2.24 bits per heavy atom. The number of methoxy groups -OCH3 is 1. The van der Waals surface area contributed by atoms with E-state index in [2.05, 4.69) is 4.99 Å². The van der Waals surface area contributed by atoms with E-state index in [1.54, 1.807) is 33.8 Å². The molecule has 0 spiro atoms. The molecule has 3 saturated heterocycles. The average molecular weight is 827 g/mol. The van der Waals surface area contributed by atoms with E-state index in [0.717, 1.165) is 0 Å². The SMILES string of the molecule is CC[C@H]1OC(=O)[C@H](C)[C@@H](O[C@H]2C[C@@](C)(OC)[C@@H](O)[C@H](C)O2)[C@H](C)[C@@H](O[C@@H]2O[C@H](C)C[C@H](N(C)C)[C@H]2O)[C@]2(C)C[C@@H](C)C(=NC(C)=O)[C@H](C)[C@@H](OC/C=C\CO2)[C@]1(C)O. The Balaban J connectivity index is 1.99. The Morgan fingerprint density at radius 1 is 0.983 bits per heavy atom. The van der Waals surface area contributed by atoms with Gasteiger partial charge in [0.15, 0.2) is 12.6 Å². The van der Waals surface area contributed by atoms with Crippen LogP contribution < -0.4 is 0 Å². The summed E-state index contributed by atoms with van der Waals surface area (Å²) in [4.78, 5) is 33.9. The molecule has 2 bridgehead atoms. The lowest BCUT2D eigenvalue weighted by molar-refractivity contribution is -0.320. The second-order valence-corrected chi connectivity index (χ2v) is 18.2. The molecule has 4 aliphatic rings. The maximum atomic E-state index is 14.6. The van der Waals surface area contributed by atoms with Crippen LogP contribution >= 0.6 is 0 Å². The Kier molecular flexibility index (Phi) is 16.7. The van der Waals surface area contributed by atoms with Crippen LogP contribution in [-0.2, 0) is 47.5 Å². The molecule has 4 aliphatic heterocycles. The van der Waals surface area contributed by atoms with E-state index in [0.29, 0.717) is 12.1 Å². The third kappa shape index (κ3) is 10.8. The van der Waals surface area contributed by atoms with E-state index in [-0.39, 0.29) is 44.6 Å². The van der Waals surface area contributed by atoms with Crippen molar-refractivity contribution < 1.29 is 62.8 Å². The Morgan fingerprint density at radius 2 is 1.64 bits per heavy atom. The van der Waals surface area contributed by atoms with Crippen molar-refractivity contribution in [1.29, 1.82) is 0 Å². The number of likely N-dealkylation sites (N-methyl/N-ethyl adjacent to an activating group) is 1. The van der Waals surface area contributed by atoms with Crippen LogP contribution in [0, 0.1) is 23.7 Å². The van der Waals surface area contributed by atoms with Crippen molar-refractivity contribution in [2.45, 2.75) is 186 Å². The highest BCUT2D eigenvalue weighted by atomic mass is 16.7. The summed E-state index contributed by atoms with van der Waals surface area (Å²) in [5, 5.41) is 35.3. The van der Waals surface area contributed by atoms with E-state index in [1.165, 1.54) is 14.0 Å². The van der Waals surface area contributed by atoms with Gasteiger partial charge in [-0.15, -0.1) is 0 Å². The molecule has 18 atom stereocenters. The number of carbonyl (C=O) groups excluding carboxylic acids is 2.